The van der Waals surface area contributed by atoms with Crippen molar-refractivity contribution in [1.29, 1.82) is 0 Å². The number of carbonyl (C=O) groups is 1. The largest absolute Gasteiger partial charge is 0.488 e. The lowest BCUT2D eigenvalue weighted by atomic mass is 10.2. The fraction of sp³-hybridized carbons (Fsp3) is 0.118. The van der Waals surface area contributed by atoms with Gasteiger partial charge in [0.1, 0.15) is 12.4 Å². The first kappa shape index (κ1) is 19.6. The van der Waals surface area contributed by atoms with Gasteiger partial charge in [-0.15, -0.1) is 0 Å². The minimum absolute atomic E-state index is 0.116. The van der Waals surface area contributed by atoms with Crippen LogP contribution < -0.4 is 4.74 Å². The van der Waals surface area contributed by atoms with Crippen LogP contribution in [0.25, 0.3) is 0 Å². The molecule has 0 aromatic heterocycles. The number of benzene rings is 2. The van der Waals surface area contributed by atoms with Crippen molar-refractivity contribution in [2.75, 3.05) is 5.75 Å². The Kier molecular flexibility index (Phi) is 6.58. The van der Waals surface area contributed by atoms with E-state index in [1.54, 1.807) is 18.3 Å². The van der Waals surface area contributed by atoms with Gasteiger partial charge in [-0.2, -0.15) is 10.1 Å². The summed E-state index contributed by atoms with van der Waals surface area (Å²) >= 11 is 21.9. The van der Waals surface area contributed by atoms with E-state index in [-0.39, 0.29) is 5.91 Å². The van der Waals surface area contributed by atoms with Crippen molar-refractivity contribution in [3.05, 3.63) is 62.0 Å². The Morgan fingerprint density at radius 2 is 2.12 bits per heavy atom. The van der Waals surface area contributed by atoms with Crippen LogP contribution >= 0.6 is 63.1 Å². The van der Waals surface area contributed by atoms with Crippen molar-refractivity contribution in [3.63, 3.8) is 0 Å². The first-order chi connectivity index (χ1) is 12.4. The smallest absolute Gasteiger partial charge is 0.259 e. The van der Waals surface area contributed by atoms with Crippen LogP contribution in [0.5, 0.6) is 5.75 Å². The number of halogens is 3. The van der Waals surface area contributed by atoms with Crippen LogP contribution in [0.2, 0.25) is 10.0 Å². The predicted molar refractivity (Wildman–Crippen MR) is 114 cm³/mol. The monoisotopic (exact) mass is 488 g/mol. The number of nitrogens with zero attached hydrogens (tertiary/aromatic N) is 2. The zero-order chi connectivity index (χ0) is 18.7. The molecule has 0 spiro atoms. The standard InChI is InChI=1S/C17H11BrCl2N2O2S2/c18-13-5-10(7-21-22-16(23)9-26-17(22)25)1-4-15(13)24-8-11-2-3-12(19)6-14(11)20/h1-7H,8-9H2/b21-7+. The minimum Gasteiger partial charge on any atom is -0.488 e. The number of thioether (sulfide) groups is 1. The topological polar surface area (TPSA) is 41.9 Å². The number of amides is 1. The maximum absolute atomic E-state index is 11.7. The Morgan fingerprint density at radius 3 is 2.77 bits per heavy atom. The molecular weight excluding hydrogens is 479 g/mol. The van der Waals surface area contributed by atoms with Crippen LogP contribution in [0.4, 0.5) is 0 Å². The second kappa shape index (κ2) is 8.71. The van der Waals surface area contributed by atoms with E-state index in [1.807, 2.05) is 24.3 Å². The molecule has 0 radical (unpaired) electrons. The Hall–Kier alpha value is -1.12. The zero-order valence-corrected chi connectivity index (χ0v) is 17.8. The van der Waals surface area contributed by atoms with E-state index < -0.39 is 0 Å². The lowest BCUT2D eigenvalue weighted by Crippen LogP contribution is -2.22. The molecular formula is C17H11BrCl2N2O2S2. The molecule has 2 aromatic rings. The quantitative estimate of drug-likeness (QED) is 0.409. The van der Waals surface area contributed by atoms with Gasteiger partial charge in [0.15, 0.2) is 4.32 Å². The molecule has 1 saturated heterocycles. The number of hydrogen-bond acceptors (Lipinski definition) is 5. The summed E-state index contributed by atoms with van der Waals surface area (Å²) in [5.41, 5.74) is 1.65. The summed E-state index contributed by atoms with van der Waals surface area (Å²) in [5.74, 6) is 0.881. The summed E-state index contributed by atoms with van der Waals surface area (Å²) in [6.07, 6.45) is 1.58. The Morgan fingerprint density at radius 1 is 1.31 bits per heavy atom. The molecule has 2 aromatic carbocycles. The molecule has 0 atom stereocenters. The predicted octanol–water partition coefficient (Wildman–Crippen LogP) is 5.53. The number of hydrogen-bond donors (Lipinski definition) is 0. The SMILES string of the molecule is O=C1CSC(=S)N1/N=C/c1ccc(OCc2ccc(Cl)cc2Cl)c(Br)c1. The lowest BCUT2D eigenvalue weighted by molar-refractivity contribution is -0.123. The highest BCUT2D eigenvalue weighted by atomic mass is 79.9. The number of rotatable bonds is 5. The molecule has 1 fully saturated rings. The van der Waals surface area contributed by atoms with Gasteiger partial charge in [-0.1, -0.05) is 53.2 Å². The van der Waals surface area contributed by atoms with Gasteiger partial charge < -0.3 is 4.74 Å². The van der Waals surface area contributed by atoms with Gasteiger partial charge in [-0.25, -0.2) is 0 Å². The molecule has 1 aliphatic heterocycles. The molecule has 1 heterocycles. The van der Waals surface area contributed by atoms with Gasteiger partial charge >= 0.3 is 0 Å². The number of hydrazone groups is 1. The highest BCUT2D eigenvalue weighted by molar-refractivity contribution is 9.10. The van der Waals surface area contributed by atoms with Crippen molar-refractivity contribution in [2.45, 2.75) is 6.61 Å². The molecule has 1 amide bonds. The van der Waals surface area contributed by atoms with Gasteiger partial charge in [0.2, 0.25) is 0 Å². The maximum Gasteiger partial charge on any atom is 0.259 e. The van der Waals surface area contributed by atoms with Gasteiger partial charge in [0.05, 0.1) is 16.4 Å². The van der Waals surface area contributed by atoms with E-state index in [9.17, 15) is 4.79 Å². The second-order valence-electron chi connectivity index (χ2n) is 5.22. The Labute approximate surface area is 178 Å². The fourth-order valence-corrected chi connectivity index (χ4v) is 4.03. The van der Waals surface area contributed by atoms with Crippen molar-refractivity contribution in [2.24, 2.45) is 5.10 Å². The minimum atomic E-state index is -0.116. The summed E-state index contributed by atoms with van der Waals surface area (Å²) < 4.78 is 7.03. The first-order valence-corrected chi connectivity index (χ1v) is 10.3. The molecule has 26 heavy (non-hydrogen) atoms. The maximum atomic E-state index is 11.7. The third kappa shape index (κ3) is 4.78. The summed E-state index contributed by atoms with van der Waals surface area (Å²) in [4.78, 5) is 11.7. The normalized spacial score (nSPS) is 14.5. The first-order valence-electron chi connectivity index (χ1n) is 7.34. The second-order valence-corrected chi connectivity index (χ2v) is 8.53. The molecule has 0 bridgehead atoms. The lowest BCUT2D eigenvalue weighted by Gasteiger charge is -2.10. The molecule has 0 saturated carbocycles. The number of carbonyl (C=O) groups excluding carboxylic acids is 1. The van der Waals surface area contributed by atoms with Crippen LogP contribution in [-0.4, -0.2) is 27.2 Å². The summed E-state index contributed by atoms with van der Waals surface area (Å²) in [6.45, 7) is 0.315. The van der Waals surface area contributed by atoms with Crippen molar-refractivity contribution >= 4 is 79.6 Å². The zero-order valence-electron chi connectivity index (χ0n) is 13.1. The van der Waals surface area contributed by atoms with E-state index >= 15 is 0 Å². The van der Waals surface area contributed by atoms with Crippen LogP contribution in [0.3, 0.4) is 0 Å². The summed E-state index contributed by atoms with van der Waals surface area (Å²) in [6, 6.07) is 10.8. The van der Waals surface area contributed by atoms with E-state index in [0.29, 0.717) is 32.5 Å². The summed E-state index contributed by atoms with van der Waals surface area (Å²) in [7, 11) is 0. The van der Waals surface area contributed by atoms with Crippen molar-refractivity contribution < 1.29 is 9.53 Å². The molecule has 3 rings (SSSR count). The van der Waals surface area contributed by atoms with Crippen molar-refractivity contribution in [3.8, 4) is 5.75 Å². The number of ether oxygens (including phenoxy) is 1. The fourth-order valence-electron chi connectivity index (χ4n) is 2.09. The summed E-state index contributed by atoms with van der Waals surface area (Å²) in [5, 5.41) is 6.52. The van der Waals surface area contributed by atoms with Crippen molar-refractivity contribution in [1.82, 2.24) is 5.01 Å². The molecule has 0 N–H and O–H groups in total. The van der Waals surface area contributed by atoms with Crippen LogP contribution in [-0.2, 0) is 11.4 Å². The van der Waals surface area contributed by atoms with E-state index in [4.69, 9.17) is 40.2 Å². The highest BCUT2D eigenvalue weighted by Gasteiger charge is 2.25. The molecule has 9 heteroatoms. The Balaban J connectivity index is 1.67. The molecule has 1 aliphatic rings. The third-order valence-corrected chi connectivity index (χ3v) is 5.95. The molecule has 4 nitrogen and oxygen atoms in total. The Bertz CT molecular complexity index is 892. The van der Waals surface area contributed by atoms with Gasteiger partial charge in [0.25, 0.3) is 5.91 Å². The van der Waals surface area contributed by atoms with Crippen LogP contribution in [0.1, 0.15) is 11.1 Å². The third-order valence-electron chi connectivity index (χ3n) is 3.40. The highest BCUT2D eigenvalue weighted by Crippen LogP contribution is 2.28. The van der Waals surface area contributed by atoms with E-state index in [2.05, 4.69) is 21.0 Å². The average Bonchev–Trinajstić information content (AvgIpc) is 2.92. The van der Waals surface area contributed by atoms with E-state index in [0.717, 1.165) is 15.6 Å². The average molecular weight is 490 g/mol. The molecule has 0 aliphatic carbocycles. The van der Waals surface area contributed by atoms with Crippen LogP contribution in [0.15, 0.2) is 46.0 Å². The number of thiocarbonyl (C=S) groups is 1. The molecule has 134 valence electrons. The van der Waals surface area contributed by atoms with Crippen LogP contribution in [0, 0.1) is 0 Å². The van der Waals surface area contributed by atoms with Gasteiger partial charge in [-0.3, -0.25) is 4.79 Å². The van der Waals surface area contributed by atoms with Gasteiger partial charge in [-0.05, 0) is 51.8 Å². The van der Waals surface area contributed by atoms with E-state index in [1.165, 1.54) is 16.8 Å². The molecule has 0 unspecified atom stereocenters. The van der Waals surface area contributed by atoms with Gasteiger partial charge in [0, 0.05) is 15.6 Å².